The van der Waals surface area contributed by atoms with Crippen molar-refractivity contribution in [2.75, 3.05) is 25.6 Å². The number of nitrogens with zero attached hydrogens (tertiary/aromatic N) is 1. The van der Waals surface area contributed by atoms with Crippen molar-refractivity contribution in [1.29, 1.82) is 0 Å². The van der Waals surface area contributed by atoms with Crippen molar-refractivity contribution in [3.05, 3.63) is 29.8 Å². The topological polar surface area (TPSA) is 79.8 Å². The van der Waals surface area contributed by atoms with Gasteiger partial charge >= 0.3 is 0 Å². The van der Waals surface area contributed by atoms with Crippen molar-refractivity contribution >= 4 is 39.8 Å². The predicted molar refractivity (Wildman–Crippen MR) is 129 cm³/mol. The molecule has 8 heteroatoms. The van der Waals surface area contributed by atoms with Gasteiger partial charge in [0.1, 0.15) is 21.2 Å². The van der Waals surface area contributed by atoms with E-state index in [0.717, 1.165) is 11.3 Å². The Kier molecular flexibility index (Phi) is 10.8. The van der Waals surface area contributed by atoms with Crippen molar-refractivity contribution < 1.29 is 13.2 Å². The monoisotopic (exact) mass is 525 g/mol. The van der Waals surface area contributed by atoms with Gasteiger partial charge in [-0.1, -0.05) is 32.0 Å². The minimum Gasteiger partial charge on any atom is -0.488 e. The van der Waals surface area contributed by atoms with Crippen molar-refractivity contribution in [3.63, 3.8) is 0 Å². The van der Waals surface area contributed by atoms with Gasteiger partial charge in [0.05, 0.1) is 5.75 Å². The third-order valence-corrected chi connectivity index (χ3v) is 4.89. The van der Waals surface area contributed by atoms with Crippen LogP contribution in [-0.2, 0) is 16.4 Å². The molecule has 162 valence electrons. The smallest absolute Gasteiger partial charge is 0.191 e. The van der Waals surface area contributed by atoms with E-state index in [-0.39, 0.29) is 40.7 Å². The van der Waals surface area contributed by atoms with Crippen LogP contribution in [0.3, 0.4) is 0 Å². The van der Waals surface area contributed by atoms with Gasteiger partial charge in [0.25, 0.3) is 0 Å². The molecular weight excluding hydrogens is 489 g/mol. The molecule has 0 saturated heterocycles. The number of aliphatic imine (C=N–C) groups is 1. The van der Waals surface area contributed by atoms with Gasteiger partial charge in [0.2, 0.25) is 0 Å². The highest BCUT2D eigenvalue weighted by Crippen LogP contribution is 2.23. The van der Waals surface area contributed by atoms with Crippen LogP contribution in [0.1, 0.15) is 46.6 Å². The first-order valence-electron chi connectivity index (χ1n) is 9.20. The number of rotatable bonds is 8. The fourth-order valence-corrected chi connectivity index (χ4v) is 3.28. The Morgan fingerprint density at radius 2 is 1.71 bits per heavy atom. The molecule has 1 aromatic rings. The molecule has 0 aliphatic heterocycles. The number of ether oxygens (including phenoxy) is 1. The van der Waals surface area contributed by atoms with Crippen LogP contribution >= 0.6 is 24.0 Å². The van der Waals surface area contributed by atoms with E-state index in [1.54, 1.807) is 7.05 Å². The first-order valence-corrected chi connectivity index (χ1v) is 11.3. The number of benzene rings is 1. The quantitative estimate of drug-likeness (QED) is 0.308. The van der Waals surface area contributed by atoms with Gasteiger partial charge in [-0.05, 0) is 38.7 Å². The van der Waals surface area contributed by atoms with Crippen LogP contribution in [0.4, 0.5) is 0 Å². The first-order chi connectivity index (χ1) is 12.3. The number of hydrogen-bond donors (Lipinski definition) is 2. The summed E-state index contributed by atoms with van der Waals surface area (Å²) >= 11 is 0. The molecule has 1 aromatic carbocycles. The predicted octanol–water partition coefficient (Wildman–Crippen LogP) is 3.61. The molecule has 0 aliphatic rings. The highest BCUT2D eigenvalue weighted by molar-refractivity contribution is 14.0. The fourth-order valence-electron chi connectivity index (χ4n) is 2.35. The lowest BCUT2D eigenvalue weighted by molar-refractivity contribution is 0.129. The minimum atomic E-state index is -2.96. The molecule has 1 rings (SSSR count). The van der Waals surface area contributed by atoms with E-state index in [0.29, 0.717) is 25.5 Å². The highest BCUT2D eigenvalue weighted by Gasteiger charge is 2.21. The molecule has 6 nitrogen and oxygen atoms in total. The number of guanidine groups is 1. The lowest BCUT2D eigenvalue weighted by atomic mass is 9.90. The summed E-state index contributed by atoms with van der Waals surface area (Å²) in [6.07, 6.45) is 1.87. The number of halogens is 1. The second kappa shape index (κ2) is 11.2. The van der Waals surface area contributed by atoms with E-state index < -0.39 is 9.84 Å². The number of para-hydroxylation sites is 1. The van der Waals surface area contributed by atoms with Gasteiger partial charge in [-0.15, -0.1) is 24.0 Å². The van der Waals surface area contributed by atoms with Crippen LogP contribution in [0.5, 0.6) is 5.75 Å². The maximum Gasteiger partial charge on any atom is 0.191 e. The molecule has 0 spiro atoms. The Balaban J connectivity index is 0.00000729. The van der Waals surface area contributed by atoms with Crippen LogP contribution in [0.2, 0.25) is 0 Å². The largest absolute Gasteiger partial charge is 0.488 e. The summed E-state index contributed by atoms with van der Waals surface area (Å²) in [7, 11) is -1.24. The molecule has 0 aliphatic carbocycles. The maximum atomic E-state index is 11.4. The van der Waals surface area contributed by atoms with Crippen LogP contribution < -0.4 is 15.4 Å². The van der Waals surface area contributed by atoms with E-state index in [1.807, 2.05) is 58.9 Å². The summed E-state index contributed by atoms with van der Waals surface area (Å²) in [6, 6.07) is 7.93. The summed E-state index contributed by atoms with van der Waals surface area (Å²) in [5.41, 5.74) is 0.625. The fraction of sp³-hybridized carbons (Fsp3) is 0.650. The lowest BCUT2D eigenvalue weighted by Crippen LogP contribution is -2.42. The second-order valence-electron chi connectivity index (χ2n) is 8.65. The third kappa shape index (κ3) is 11.7. The van der Waals surface area contributed by atoms with Crippen LogP contribution in [0.15, 0.2) is 29.3 Å². The molecular formula is C20H36IN3O3S. The lowest BCUT2D eigenvalue weighted by Gasteiger charge is -2.26. The Morgan fingerprint density at radius 3 is 2.25 bits per heavy atom. The normalized spacial score (nSPS) is 12.9. The van der Waals surface area contributed by atoms with Gasteiger partial charge in [0, 0.05) is 32.0 Å². The van der Waals surface area contributed by atoms with Gasteiger partial charge in [-0.25, -0.2) is 8.42 Å². The summed E-state index contributed by atoms with van der Waals surface area (Å²) in [4.78, 5) is 4.25. The summed E-state index contributed by atoms with van der Waals surface area (Å²) in [5, 5.41) is 6.58. The van der Waals surface area contributed by atoms with Crippen molar-refractivity contribution in [1.82, 2.24) is 10.6 Å². The van der Waals surface area contributed by atoms with Crippen LogP contribution in [0, 0.1) is 5.41 Å². The minimum absolute atomic E-state index is 0. The average molecular weight is 525 g/mol. The molecule has 0 unspecified atom stereocenters. The molecule has 2 N–H and O–H groups in total. The standard InChI is InChI=1S/C20H35N3O3S.HI/c1-19(2,3)26-17-11-9-8-10-16(17)14-22-18(21-6)23-15-20(4,5)12-13-27(7,24)25;/h8-11H,12-15H2,1-7H3,(H2,21,22,23);1H. The van der Waals surface area contributed by atoms with Crippen molar-refractivity contribution in [2.45, 2.75) is 53.2 Å². The van der Waals surface area contributed by atoms with Crippen molar-refractivity contribution in [3.8, 4) is 5.75 Å². The molecule has 0 fully saturated rings. The summed E-state index contributed by atoms with van der Waals surface area (Å²) in [5.74, 6) is 1.71. The Hall–Kier alpha value is -1.03. The Labute approximate surface area is 187 Å². The second-order valence-corrected chi connectivity index (χ2v) is 10.9. The van der Waals surface area contributed by atoms with Gasteiger partial charge in [0.15, 0.2) is 5.96 Å². The molecule has 0 bridgehead atoms. The molecule has 0 radical (unpaired) electrons. The average Bonchev–Trinajstić information content (AvgIpc) is 2.52. The zero-order valence-corrected chi connectivity index (χ0v) is 21.3. The number of nitrogens with one attached hydrogen (secondary N) is 2. The molecule has 0 amide bonds. The van der Waals surface area contributed by atoms with E-state index in [4.69, 9.17) is 4.74 Å². The highest BCUT2D eigenvalue weighted by atomic mass is 127. The van der Waals surface area contributed by atoms with Gasteiger partial charge in [-0.2, -0.15) is 0 Å². The van der Waals surface area contributed by atoms with E-state index in [9.17, 15) is 8.42 Å². The van der Waals surface area contributed by atoms with Crippen molar-refractivity contribution in [2.24, 2.45) is 10.4 Å². The van der Waals surface area contributed by atoms with Crippen LogP contribution in [-0.4, -0.2) is 45.6 Å². The van der Waals surface area contributed by atoms with Crippen LogP contribution in [0.25, 0.3) is 0 Å². The van der Waals surface area contributed by atoms with E-state index in [1.165, 1.54) is 6.26 Å². The first kappa shape index (κ1) is 27.0. The summed E-state index contributed by atoms with van der Waals surface area (Å²) < 4.78 is 28.8. The summed E-state index contributed by atoms with van der Waals surface area (Å²) in [6.45, 7) is 11.4. The Bertz CT molecular complexity index is 741. The molecule has 28 heavy (non-hydrogen) atoms. The van der Waals surface area contributed by atoms with Gasteiger partial charge < -0.3 is 15.4 Å². The van der Waals surface area contributed by atoms with E-state index >= 15 is 0 Å². The maximum absolute atomic E-state index is 11.4. The van der Waals surface area contributed by atoms with E-state index in [2.05, 4.69) is 15.6 Å². The number of hydrogen-bond acceptors (Lipinski definition) is 4. The molecule has 0 heterocycles. The number of sulfone groups is 1. The molecule has 0 aromatic heterocycles. The van der Waals surface area contributed by atoms with Gasteiger partial charge in [-0.3, -0.25) is 4.99 Å². The third-order valence-electron chi connectivity index (χ3n) is 3.94. The Morgan fingerprint density at radius 1 is 1.11 bits per heavy atom. The molecule has 0 atom stereocenters. The zero-order valence-electron chi connectivity index (χ0n) is 18.1. The zero-order chi connectivity index (χ0) is 20.7. The SMILES string of the molecule is CN=C(NCc1ccccc1OC(C)(C)C)NCC(C)(C)CCS(C)(=O)=O.I. The molecule has 0 saturated carbocycles.